The second kappa shape index (κ2) is 8.94. The minimum Gasteiger partial charge on any atom is -0.508 e. The van der Waals surface area contributed by atoms with Gasteiger partial charge in [-0.25, -0.2) is 0 Å². The van der Waals surface area contributed by atoms with E-state index in [9.17, 15) is 5.11 Å². The number of likely N-dealkylation sites (N-methyl/N-ethyl adjacent to an activating group) is 1. The first-order valence-corrected chi connectivity index (χ1v) is 7.27. The number of phenolic OH excluding ortho intramolecular Hbond substituents is 1. The van der Waals surface area contributed by atoms with Crippen molar-refractivity contribution in [3.63, 3.8) is 0 Å². The molecule has 0 heterocycles. The molecule has 1 aromatic carbocycles. The van der Waals surface area contributed by atoms with Crippen LogP contribution >= 0.6 is 0 Å². The maximum Gasteiger partial charge on any atom is 0.115 e. The van der Waals surface area contributed by atoms with Crippen LogP contribution in [-0.2, 0) is 11.2 Å². The van der Waals surface area contributed by atoms with E-state index >= 15 is 0 Å². The van der Waals surface area contributed by atoms with Crippen molar-refractivity contribution in [1.82, 2.24) is 4.90 Å². The van der Waals surface area contributed by atoms with E-state index in [1.165, 1.54) is 5.56 Å². The standard InChI is InChI=1S/C16H27NO2/c1-4-17(12-13-19-5-2)14(3)6-7-15-8-10-16(18)11-9-15/h8-11,14,18H,4-7,12-13H2,1-3H3. The molecule has 0 radical (unpaired) electrons. The van der Waals surface area contributed by atoms with Gasteiger partial charge in [0.2, 0.25) is 0 Å². The van der Waals surface area contributed by atoms with Gasteiger partial charge in [0.15, 0.2) is 0 Å². The number of ether oxygens (including phenoxy) is 1. The smallest absolute Gasteiger partial charge is 0.115 e. The summed E-state index contributed by atoms with van der Waals surface area (Å²) in [6.07, 6.45) is 2.18. The number of rotatable bonds is 9. The predicted octanol–water partition coefficient (Wildman–Crippen LogP) is 3.07. The maximum absolute atomic E-state index is 9.26. The largest absolute Gasteiger partial charge is 0.508 e. The molecule has 3 heteroatoms. The van der Waals surface area contributed by atoms with Crippen molar-refractivity contribution in [1.29, 1.82) is 0 Å². The summed E-state index contributed by atoms with van der Waals surface area (Å²) >= 11 is 0. The van der Waals surface area contributed by atoms with E-state index in [0.717, 1.165) is 39.1 Å². The number of hydrogen-bond acceptors (Lipinski definition) is 3. The summed E-state index contributed by atoms with van der Waals surface area (Å²) < 4.78 is 5.42. The number of nitrogens with zero attached hydrogens (tertiary/aromatic N) is 1. The number of aromatic hydroxyl groups is 1. The van der Waals surface area contributed by atoms with Gasteiger partial charge >= 0.3 is 0 Å². The molecule has 19 heavy (non-hydrogen) atoms. The van der Waals surface area contributed by atoms with E-state index in [2.05, 4.69) is 18.7 Å². The fraction of sp³-hybridized carbons (Fsp3) is 0.625. The van der Waals surface area contributed by atoms with Crippen molar-refractivity contribution < 1.29 is 9.84 Å². The molecule has 0 spiro atoms. The van der Waals surface area contributed by atoms with E-state index in [1.54, 1.807) is 12.1 Å². The number of benzene rings is 1. The van der Waals surface area contributed by atoms with Crippen LogP contribution in [0.5, 0.6) is 5.75 Å². The van der Waals surface area contributed by atoms with Crippen molar-refractivity contribution in [2.45, 2.75) is 39.7 Å². The Bertz CT molecular complexity index is 337. The molecule has 0 aromatic heterocycles. The molecule has 1 N–H and O–H groups in total. The lowest BCUT2D eigenvalue weighted by atomic mass is 10.1. The highest BCUT2D eigenvalue weighted by Crippen LogP contribution is 2.13. The average molecular weight is 265 g/mol. The van der Waals surface area contributed by atoms with Crippen molar-refractivity contribution in [2.24, 2.45) is 0 Å². The Morgan fingerprint density at radius 1 is 1.21 bits per heavy atom. The lowest BCUT2D eigenvalue weighted by Crippen LogP contribution is -2.36. The van der Waals surface area contributed by atoms with Crippen LogP contribution in [0.4, 0.5) is 0 Å². The minimum atomic E-state index is 0.337. The van der Waals surface area contributed by atoms with E-state index in [-0.39, 0.29) is 0 Å². The zero-order chi connectivity index (χ0) is 14.1. The highest BCUT2D eigenvalue weighted by molar-refractivity contribution is 5.25. The maximum atomic E-state index is 9.26. The van der Waals surface area contributed by atoms with Crippen LogP contribution in [0.3, 0.4) is 0 Å². The average Bonchev–Trinajstić information content (AvgIpc) is 2.43. The fourth-order valence-electron chi connectivity index (χ4n) is 2.24. The van der Waals surface area contributed by atoms with E-state index < -0.39 is 0 Å². The van der Waals surface area contributed by atoms with Crippen molar-refractivity contribution >= 4 is 0 Å². The fourth-order valence-corrected chi connectivity index (χ4v) is 2.24. The first kappa shape index (κ1) is 16.0. The Balaban J connectivity index is 2.35. The van der Waals surface area contributed by atoms with Gasteiger partial charge in [0.25, 0.3) is 0 Å². The molecule has 3 nitrogen and oxygen atoms in total. The third-order valence-electron chi connectivity index (χ3n) is 3.54. The molecule has 1 unspecified atom stereocenters. The molecule has 0 fully saturated rings. The minimum absolute atomic E-state index is 0.337. The number of aryl methyl sites for hydroxylation is 1. The van der Waals surface area contributed by atoms with Crippen LogP contribution < -0.4 is 0 Å². The first-order valence-electron chi connectivity index (χ1n) is 7.27. The van der Waals surface area contributed by atoms with Gasteiger partial charge in [-0.15, -0.1) is 0 Å². The highest BCUT2D eigenvalue weighted by atomic mass is 16.5. The summed E-state index contributed by atoms with van der Waals surface area (Å²) in [6, 6.07) is 8.07. The van der Waals surface area contributed by atoms with Crippen molar-refractivity contribution in [2.75, 3.05) is 26.3 Å². The Morgan fingerprint density at radius 2 is 1.89 bits per heavy atom. The molecule has 0 aliphatic carbocycles. The van der Waals surface area contributed by atoms with Crippen LogP contribution in [0, 0.1) is 0 Å². The van der Waals surface area contributed by atoms with Crippen LogP contribution in [-0.4, -0.2) is 42.4 Å². The van der Waals surface area contributed by atoms with Crippen molar-refractivity contribution in [3.05, 3.63) is 29.8 Å². The third kappa shape index (κ3) is 6.08. The first-order chi connectivity index (χ1) is 9.17. The van der Waals surface area contributed by atoms with Crippen LogP contribution in [0.15, 0.2) is 24.3 Å². The topological polar surface area (TPSA) is 32.7 Å². The molecule has 1 atom stereocenters. The molecule has 0 bridgehead atoms. The Kier molecular flexibility index (Phi) is 7.53. The third-order valence-corrected chi connectivity index (χ3v) is 3.54. The summed E-state index contributed by atoms with van der Waals surface area (Å²) in [5, 5.41) is 9.26. The Labute approximate surface area is 117 Å². The van der Waals surface area contributed by atoms with Gasteiger partial charge in [-0.1, -0.05) is 19.1 Å². The lowest BCUT2D eigenvalue weighted by Gasteiger charge is -2.27. The van der Waals surface area contributed by atoms with E-state index in [1.807, 2.05) is 19.1 Å². The molecular weight excluding hydrogens is 238 g/mol. The summed E-state index contributed by atoms with van der Waals surface area (Å²) in [5.41, 5.74) is 1.28. The Hall–Kier alpha value is -1.06. The van der Waals surface area contributed by atoms with Gasteiger partial charge in [-0.2, -0.15) is 0 Å². The lowest BCUT2D eigenvalue weighted by molar-refractivity contribution is 0.0983. The normalized spacial score (nSPS) is 12.8. The quantitative estimate of drug-likeness (QED) is 0.697. The highest BCUT2D eigenvalue weighted by Gasteiger charge is 2.11. The summed E-state index contributed by atoms with van der Waals surface area (Å²) in [6.45, 7) is 10.2. The van der Waals surface area contributed by atoms with Gasteiger partial charge in [-0.3, -0.25) is 4.90 Å². The number of hydrogen-bond donors (Lipinski definition) is 1. The van der Waals surface area contributed by atoms with Gasteiger partial charge in [0.1, 0.15) is 5.75 Å². The zero-order valence-electron chi connectivity index (χ0n) is 12.4. The summed E-state index contributed by atoms with van der Waals surface area (Å²) in [7, 11) is 0. The molecule has 0 aliphatic rings. The second-order valence-corrected chi connectivity index (χ2v) is 4.88. The van der Waals surface area contributed by atoms with Gasteiger partial charge < -0.3 is 9.84 Å². The molecule has 0 amide bonds. The van der Waals surface area contributed by atoms with Crippen molar-refractivity contribution in [3.8, 4) is 5.75 Å². The number of phenols is 1. The molecule has 0 aliphatic heterocycles. The van der Waals surface area contributed by atoms with Gasteiger partial charge in [-0.05, 0) is 50.9 Å². The molecule has 1 aromatic rings. The van der Waals surface area contributed by atoms with E-state index in [0.29, 0.717) is 11.8 Å². The van der Waals surface area contributed by atoms with Crippen LogP contribution in [0.2, 0.25) is 0 Å². The Morgan fingerprint density at radius 3 is 2.47 bits per heavy atom. The SMILES string of the molecule is CCOCCN(CC)C(C)CCc1ccc(O)cc1. The molecule has 0 saturated heterocycles. The summed E-state index contributed by atoms with van der Waals surface area (Å²) in [4.78, 5) is 2.45. The van der Waals surface area contributed by atoms with E-state index in [4.69, 9.17) is 4.74 Å². The van der Waals surface area contributed by atoms with Crippen LogP contribution in [0.25, 0.3) is 0 Å². The van der Waals surface area contributed by atoms with Gasteiger partial charge in [0, 0.05) is 19.2 Å². The monoisotopic (exact) mass is 265 g/mol. The predicted molar refractivity (Wildman–Crippen MR) is 79.6 cm³/mol. The van der Waals surface area contributed by atoms with Crippen LogP contribution in [0.1, 0.15) is 32.8 Å². The molecular formula is C16H27NO2. The molecule has 1 rings (SSSR count). The zero-order valence-corrected chi connectivity index (χ0v) is 12.4. The van der Waals surface area contributed by atoms with Gasteiger partial charge in [0.05, 0.1) is 6.61 Å². The second-order valence-electron chi connectivity index (χ2n) is 4.88. The molecule has 108 valence electrons. The summed E-state index contributed by atoms with van der Waals surface area (Å²) in [5.74, 6) is 0.337. The molecule has 0 saturated carbocycles.